The van der Waals surface area contributed by atoms with Gasteiger partial charge in [-0.3, -0.25) is 4.79 Å². The molecule has 17 heavy (non-hydrogen) atoms. The SMILES string of the molecule is C=CCCNC(=O)c1ccc(OC)cc1OC. The second-order valence-corrected chi connectivity index (χ2v) is 3.40. The Morgan fingerprint density at radius 3 is 2.76 bits per heavy atom. The van der Waals surface area contributed by atoms with Crippen molar-refractivity contribution in [3.8, 4) is 11.5 Å². The summed E-state index contributed by atoms with van der Waals surface area (Å²) < 4.78 is 10.2. The molecule has 0 saturated carbocycles. The van der Waals surface area contributed by atoms with E-state index >= 15 is 0 Å². The van der Waals surface area contributed by atoms with Crippen LogP contribution >= 0.6 is 0 Å². The lowest BCUT2D eigenvalue weighted by molar-refractivity contribution is 0.0951. The third kappa shape index (κ3) is 3.52. The van der Waals surface area contributed by atoms with Crippen molar-refractivity contribution >= 4 is 5.91 Å². The predicted molar refractivity (Wildman–Crippen MR) is 66.7 cm³/mol. The number of carbonyl (C=O) groups excluding carboxylic acids is 1. The van der Waals surface area contributed by atoms with Crippen molar-refractivity contribution in [1.82, 2.24) is 5.32 Å². The normalized spacial score (nSPS) is 9.53. The van der Waals surface area contributed by atoms with Crippen molar-refractivity contribution in [2.75, 3.05) is 20.8 Å². The lowest BCUT2D eigenvalue weighted by atomic mass is 10.1. The highest BCUT2D eigenvalue weighted by Gasteiger charge is 2.12. The standard InChI is InChI=1S/C13H17NO3/c1-4-5-8-14-13(15)11-7-6-10(16-2)9-12(11)17-3/h4,6-7,9H,1,5,8H2,2-3H3,(H,14,15). The number of benzene rings is 1. The van der Waals surface area contributed by atoms with Crippen LogP contribution < -0.4 is 14.8 Å². The van der Waals surface area contributed by atoms with E-state index < -0.39 is 0 Å². The number of hydrogen-bond acceptors (Lipinski definition) is 3. The van der Waals surface area contributed by atoms with Crippen LogP contribution in [0.15, 0.2) is 30.9 Å². The van der Waals surface area contributed by atoms with Gasteiger partial charge in [0.15, 0.2) is 0 Å². The van der Waals surface area contributed by atoms with Crippen LogP contribution in [0.2, 0.25) is 0 Å². The van der Waals surface area contributed by atoms with E-state index in [9.17, 15) is 4.79 Å². The van der Waals surface area contributed by atoms with E-state index in [1.54, 1.807) is 31.4 Å². The molecule has 1 rings (SSSR count). The van der Waals surface area contributed by atoms with E-state index in [1.165, 1.54) is 7.11 Å². The highest BCUT2D eigenvalue weighted by atomic mass is 16.5. The molecule has 1 N–H and O–H groups in total. The van der Waals surface area contributed by atoms with Crippen molar-refractivity contribution in [2.24, 2.45) is 0 Å². The summed E-state index contributed by atoms with van der Waals surface area (Å²) in [7, 11) is 3.09. The number of hydrogen-bond donors (Lipinski definition) is 1. The first-order valence-corrected chi connectivity index (χ1v) is 5.34. The van der Waals surface area contributed by atoms with Crippen LogP contribution in [0.1, 0.15) is 16.8 Å². The molecule has 0 fully saturated rings. The lowest BCUT2D eigenvalue weighted by Crippen LogP contribution is -2.24. The monoisotopic (exact) mass is 235 g/mol. The van der Waals surface area contributed by atoms with Crippen molar-refractivity contribution in [3.63, 3.8) is 0 Å². The Hall–Kier alpha value is -1.97. The number of nitrogens with one attached hydrogen (secondary N) is 1. The molecule has 1 aromatic rings. The van der Waals surface area contributed by atoms with E-state index in [0.29, 0.717) is 23.6 Å². The predicted octanol–water partition coefficient (Wildman–Crippen LogP) is 2.01. The summed E-state index contributed by atoms with van der Waals surface area (Å²) in [6.45, 7) is 4.16. The van der Waals surface area contributed by atoms with Gasteiger partial charge in [-0.15, -0.1) is 6.58 Å². The first kappa shape index (κ1) is 13.1. The molecule has 92 valence electrons. The fraction of sp³-hybridized carbons (Fsp3) is 0.308. The first-order valence-electron chi connectivity index (χ1n) is 5.34. The fourth-order valence-corrected chi connectivity index (χ4v) is 1.37. The molecule has 4 nitrogen and oxygen atoms in total. The number of carbonyl (C=O) groups is 1. The van der Waals surface area contributed by atoms with Gasteiger partial charge in [0.05, 0.1) is 19.8 Å². The quantitative estimate of drug-likeness (QED) is 0.606. The van der Waals surface area contributed by atoms with Gasteiger partial charge in [-0.1, -0.05) is 6.08 Å². The molecule has 0 aliphatic heterocycles. The van der Waals surface area contributed by atoms with Gasteiger partial charge in [0, 0.05) is 12.6 Å². The maximum absolute atomic E-state index is 11.8. The molecule has 0 aliphatic carbocycles. The summed E-state index contributed by atoms with van der Waals surface area (Å²) in [6, 6.07) is 5.09. The smallest absolute Gasteiger partial charge is 0.255 e. The van der Waals surface area contributed by atoms with Gasteiger partial charge in [0.1, 0.15) is 11.5 Å². The summed E-state index contributed by atoms with van der Waals surface area (Å²) >= 11 is 0. The van der Waals surface area contributed by atoms with Gasteiger partial charge in [0.2, 0.25) is 0 Å². The van der Waals surface area contributed by atoms with Crippen molar-refractivity contribution in [1.29, 1.82) is 0 Å². The Balaban J connectivity index is 2.81. The summed E-state index contributed by atoms with van der Waals surface area (Å²) in [6.07, 6.45) is 2.50. The van der Waals surface area contributed by atoms with Gasteiger partial charge in [-0.2, -0.15) is 0 Å². The van der Waals surface area contributed by atoms with Crippen LogP contribution in [0.3, 0.4) is 0 Å². The Kier molecular flexibility index (Phi) is 5.07. The molecule has 4 heteroatoms. The minimum Gasteiger partial charge on any atom is -0.497 e. The first-order chi connectivity index (χ1) is 8.22. The van der Waals surface area contributed by atoms with Crippen LogP contribution in [0.5, 0.6) is 11.5 Å². The van der Waals surface area contributed by atoms with Gasteiger partial charge >= 0.3 is 0 Å². The van der Waals surface area contributed by atoms with Crippen LogP contribution in [-0.2, 0) is 0 Å². The van der Waals surface area contributed by atoms with Gasteiger partial charge < -0.3 is 14.8 Å². The van der Waals surface area contributed by atoms with E-state index in [2.05, 4.69) is 11.9 Å². The Labute approximate surface area is 101 Å². The van der Waals surface area contributed by atoms with Crippen molar-refractivity contribution in [2.45, 2.75) is 6.42 Å². The summed E-state index contributed by atoms with van der Waals surface area (Å²) in [5.74, 6) is 0.997. The zero-order valence-corrected chi connectivity index (χ0v) is 10.2. The number of amides is 1. The molecule has 0 bridgehead atoms. The molecule has 0 spiro atoms. The molecule has 0 unspecified atom stereocenters. The van der Waals surface area contributed by atoms with E-state index in [-0.39, 0.29) is 5.91 Å². The fourth-order valence-electron chi connectivity index (χ4n) is 1.37. The molecule has 0 radical (unpaired) electrons. The van der Waals surface area contributed by atoms with Crippen LogP contribution in [0.25, 0.3) is 0 Å². The topological polar surface area (TPSA) is 47.6 Å². The third-order valence-corrected chi connectivity index (χ3v) is 2.29. The van der Waals surface area contributed by atoms with Crippen LogP contribution in [0, 0.1) is 0 Å². The lowest BCUT2D eigenvalue weighted by Gasteiger charge is -2.10. The van der Waals surface area contributed by atoms with E-state index in [4.69, 9.17) is 9.47 Å². The minimum atomic E-state index is -0.161. The maximum Gasteiger partial charge on any atom is 0.255 e. The molecule has 1 amide bonds. The number of ether oxygens (including phenoxy) is 2. The molecular formula is C13H17NO3. The average Bonchev–Trinajstić information content (AvgIpc) is 2.38. The van der Waals surface area contributed by atoms with Gasteiger partial charge in [-0.05, 0) is 18.6 Å². The average molecular weight is 235 g/mol. The third-order valence-electron chi connectivity index (χ3n) is 2.29. The highest BCUT2D eigenvalue weighted by Crippen LogP contribution is 2.24. The van der Waals surface area contributed by atoms with Crippen LogP contribution in [0.4, 0.5) is 0 Å². The van der Waals surface area contributed by atoms with Crippen molar-refractivity contribution < 1.29 is 14.3 Å². The Morgan fingerprint density at radius 1 is 1.41 bits per heavy atom. The molecule has 0 saturated heterocycles. The van der Waals surface area contributed by atoms with Gasteiger partial charge in [-0.25, -0.2) is 0 Å². The van der Waals surface area contributed by atoms with Crippen molar-refractivity contribution in [3.05, 3.63) is 36.4 Å². The number of rotatable bonds is 6. The maximum atomic E-state index is 11.8. The summed E-state index contributed by atoms with van der Waals surface area (Å²) in [4.78, 5) is 11.8. The number of methoxy groups -OCH3 is 2. The summed E-state index contributed by atoms with van der Waals surface area (Å²) in [5, 5.41) is 2.78. The molecule has 1 aromatic carbocycles. The molecular weight excluding hydrogens is 218 g/mol. The van der Waals surface area contributed by atoms with E-state index in [1.807, 2.05) is 0 Å². The summed E-state index contributed by atoms with van der Waals surface area (Å²) in [5.41, 5.74) is 0.498. The molecule has 0 heterocycles. The van der Waals surface area contributed by atoms with E-state index in [0.717, 1.165) is 6.42 Å². The minimum absolute atomic E-state index is 0.161. The largest absolute Gasteiger partial charge is 0.497 e. The second kappa shape index (κ2) is 6.58. The molecule has 0 atom stereocenters. The Bertz CT molecular complexity index is 402. The zero-order valence-electron chi connectivity index (χ0n) is 10.2. The molecule has 0 aromatic heterocycles. The zero-order chi connectivity index (χ0) is 12.7. The Morgan fingerprint density at radius 2 is 2.18 bits per heavy atom. The van der Waals surface area contributed by atoms with Gasteiger partial charge in [0.25, 0.3) is 5.91 Å². The molecule has 0 aliphatic rings. The van der Waals surface area contributed by atoms with Crippen LogP contribution in [-0.4, -0.2) is 26.7 Å². The highest BCUT2D eigenvalue weighted by molar-refractivity contribution is 5.97. The second-order valence-electron chi connectivity index (χ2n) is 3.40.